The topological polar surface area (TPSA) is 83.3 Å². The van der Waals surface area contributed by atoms with Gasteiger partial charge < -0.3 is 10.7 Å². The SMILES string of the molecule is CC(C)NC(=O)CN(C)Cc1cc(NN)ccn1. The summed E-state index contributed by atoms with van der Waals surface area (Å²) in [4.78, 5) is 17.7. The number of aromatic nitrogens is 1. The van der Waals surface area contributed by atoms with Crippen LogP contribution in [0, 0.1) is 0 Å². The van der Waals surface area contributed by atoms with E-state index in [0.29, 0.717) is 13.1 Å². The first-order valence-corrected chi connectivity index (χ1v) is 5.90. The zero-order chi connectivity index (χ0) is 13.5. The Hall–Kier alpha value is -1.66. The van der Waals surface area contributed by atoms with Gasteiger partial charge in [-0.2, -0.15) is 0 Å². The first kappa shape index (κ1) is 14.4. The summed E-state index contributed by atoms with van der Waals surface area (Å²) in [6.07, 6.45) is 1.69. The van der Waals surface area contributed by atoms with Crippen molar-refractivity contribution in [2.45, 2.75) is 26.4 Å². The van der Waals surface area contributed by atoms with Gasteiger partial charge in [-0.15, -0.1) is 0 Å². The average Bonchev–Trinajstić information content (AvgIpc) is 2.27. The van der Waals surface area contributed by atoms with Crippen LogP contribution in [0.25, 0.3) is 0 Å². The van der Waals surface area contributed by atoms with Crippen molar-refractivity contribution in [3.63, 3.8) is 0 Å². The van der Waals surface area contributed by atoms with Crippen molar-refractivity contribution >= 4 is 11.6 Å². The Morgan fingerprint density at radius 3 is 2.89 bits per heavy atom. The van der Waals surface area contributed by atoms with E-state index in [1.807, 2.05) is 31.9 Å². The van der Waals surface area contributed by atoms with Crippen molar-refractivity contribution in [3.8, 4) is 0 Å². The Morgan fingerprint density at radius 2 is 2.28 bits per heavy atom. The van der Waals surface area contributed by atoms with E-state index in [1.165, 1.54) is 0 Å². The minimum atomic E-state index is 0.0144. The highest BCUT2D eigenvalue weighted by Gasteiger charge is 2.08. The van der Waals surface area contributed by atoms with Crippen molar-refractivity contribution < 1.29 is 4.79 Å². The number of hydrogen-bond acceptors (Lipinski definition) is 5. The lowest BCUT2D eigenvalue weighted by Gasteiger charge is -2.17. The van der Waals surface area contributed by atoms with E-state index in [2.05, 4.69) is 15.7 Å². The lowest BCUT2D eigenvalue weighted by Crippen LogP contribution is -2.38. The average molecular weight is 251 g/mol. The van der Waals surface area contributed by atoms with Crippen LogP contribution in [-0.2, 0) is 11.3 Å². The van der Waals surface area contributed by atoms with Gasteiger partial charge in [0.15, 0.2) is 0 Å². The molecule has 1 aromatic heterocycles. The second-order valence-electron chi connectivity index (χ2n) is 4.57. The van der Waals surface area contributed by atoms with Crippen LogP contribution in [0.2, 0.25) is 0 Å². The largest absolute Gasteiger partial charge is 0.353 e. The Bertz CT molecular complexity index is 394. The first-order valence-electron chi connectivity index (χ1n) is 5.90. The maximum absolute atomic E-state index is 11.6. The summed E-state index contributed by atoms with van der Waals surface area (Å²) in [5.74, 6) is 5.34. The fourth-order valence-corrected chi connectivity index (χ4v) is 1.60. The van der Waals surface area contributed by atoms with E-state index in [-0.39, 0.29) is 11.9 Å². The first-order chi connectivity index (χ1) is 8.51. The van der Waals surface area contributed by atoms with E-state index in [0.717, 1.165) is 11.4 Å². The summed E-state index contributed by atoms with van der Waals surface area (Å²) in [6.45, 7) is 4.83. The molecule has 0 unspecified atom stereocenters. The van der Waals surface area contributed by atoms with Gasteiger partial charge in [0, 0.05) is 18.8 Å². The number of nitrogens with one attached hydrogen (secondary N) is 2. The molecule has 0 aliphatic rings. The van der Waals surface area contributed by atoms with Gasteiger partial charge in [0.2, 0.25) is 5.91 Å². The number of anilines is 1. The van der Waals surface area contributed by atoms with Crippen LogP contribution in [0.15, 0.2) is 18.3 Å². The monoisotopic (exact) mass is 251 g/mol. The molecule has 0 bridgehead atoms. The molecule has 4 N–H and O–H groups in total. The summed E-state index contributed by atoms with van der Waals surface area (Å²) < 4.78 is 0. The quantitative estimate of drug-likeness (QED) is 0.501. The van der Waals surface area contributed by atoms with Gasteiger partial charge in [0.05, 0.1) is 17.9 Å². The number of carbonyl (C=O) groups excluding carboxylic acids is 1. The van der Waals surface area contributed by atoms with Crippen LogP contribution in [-0.4, -0.2) is 35.4 Å². The molecule has 6 nitrogen and oxygen atoms in total. The Labute approximate surface area is 108 Å². The second kappa shape index (κ2) is 6.93. The third-order valence-electron chi connectivity index (χ3n) is 2.28. The minimum Gasteiger partial charge on any atom is -0.353 e. The number of pyridine rings is 1. The number of nitrogens with zero attached hydrogens (tertiary/aromatic N) is 2. The molecular weight excluding hydrogens is 230 g/mol. The minimum absolute atomic E-state index is 0.0144. The van der Waals surface area contributed by atoms with Gasteiger partial charge in [0.1, 0.15) is 0 Å². The van der Waals surface area contributed by atoms with E-state index in [4.69, 9.17) is 5.84 Å². The molecule has 1 heterocycles. The molecule has 0 saturated carbocycles. The summed E-state index contributed by atoms with van der Waals surface area (Å²) in [6, 6.07) is 3.81. The molecule has 100 valence electrons. The van der Waals surface area contributed by atoms with Crippen LogP contribution in [0.1, 0.15) is 19.5 Å². The van der Waals surface area contributed by atoms with Crippen molar-refractivity contribution in [2.24, 2.45) is 5.84 Å². The van der Waals surface area contributed by atoms with E-state index in [1.54, 1.807) is 12.3 Å². The molecule has 1 aromatic rings. The fraction of sp³-hybridized carbons (Fsp3) is 0.500. The van der Waals surface area contributed by atoms with Gasteiger partial charge in [-0.1, -0.05) is 0 Å². The van der Waals surface area contributed by atoms with Gasteiger partial charge >= 0.3 is 0 Å². The third kappa shape index (κ3) is 5.11. The number of nitrogen functional groups attached to an aromatic ring is 1. The number of hydrogen-bond donors (Lipinski definition) is 3. The predicted octanol–water partition coefficient (Wildman–Crippen LogP) is 0.324. The fourth-order valence-electron chi connectivity index (χ4n) is 1.60. The predicted molar refractivity (Wildman–Crippen MR) is 71.7 cm³/mol. The Balaban J connectivity index is 2.48. The molecule has 18 heavy (non-hydrogen) atoms. The second-order valence-corrected chi connectivity index (χ2v) is 4.57. The summed E-state index contributed by atoms with van der Waals surface area (Å²) in [5.41, 5.74) is 4.24. The highest BCUT2D eigenvalue weighted by atomic mass is 16.2. The van der Waals surface area contributed by atoms with Gasteiger partial charge in [-0.05, 0) is 33.0 Å². The summed E-state index contributed by atoms with van der Waals surface area (Å²) in [7, 11) is 1.88. The lowest BCUT2D eigenvalue weighted by atomic mass is 10.3. The number of likely N-dealkylation sites (N-methyl/N-ethyl adjacent to an activating group) is 1. The molecule has 0 aliphatic heterocycles. The molecule has 0 aromatic carbocycles. The van der Waals surface area contributed by atoms with Crippen LogP contribution in [0.5, 0.6) is 0 Å². The number of rotatable bonds is 6. The molecule has 0 atom stereocenters. The van der Waals surface area contributed by atoms with Gasteiger partial charge in [-0.25, -0.2) is 0 Å². The highest BCUT2D eigenvalue weighted by Crippen LogP contribution is 2.07. The van der Waals surface area contributed by atoms with Crippen molar-refractivity contribution in [1.29, 1.82) is 0 Å². The van der Waals surface area contributed by atoms with Crippen LogP contribution >= 0.6 is 0 Å². The highest BCUT2D eigenvalue weighted by molar-refractivity contribution is 5.78. The number of hydrazine groups is 1. The maximum atomic E-state index is 11.6. The number of carbonyl (C=O) groups is 1. The molecule has 0 radical (unpaired) electrons. The van der Waals surface area contributed by atoms with E-state index >= 15 is 0 Å². The van der Waals surface area contributed by atoms with Crippen molar-refractivity contribution in [2.75, 3.05) is 19.0 Å². The summed E-state index contributed by atoms with van der Waals surface area (Å²) in [5, 5.41) is 2.85. The molecule has 0 saturated heterocycles. The molecule has 1 amide bonds. The summed E-state index contributed by atoms with van der Waals surface area (Å²) >= 11 is 0. The standard InChI is InChI=1S/C12H21N5O/c1-9(2)15-12(18)8-17(3)7-11-6-10(16-13)4-5-14-11/h4-6,9H,7-8,13H2,1-3H3,(H,14,16)(H,15,18). The molecule has 1 rings (SSSR count). The zero-order valence-corrected chi connectivity index (χ0v) is 11.1. The molecule has 6 heteroatoms. The third-order valence-corrected chi connectivity index (χ3v) is 2.28. The van der Waals surface area contributed by atoms with Gasteiger partial charge in [0.25, 0.3) is 0 Å². The number of nitrogens with two attached hydrogens (primary N) is 1. The molecule has 0 spiro atoms. The molecule has 0 aliphatic carbocycles. The smallest absolute Gasteiger partial charge is 0.234 e. The molecular formula is C12H21N5O. The lowest BCUT2D eigenvalue weighted by molar-refractivity contribution is -0.122. The normalized spacial score (nSPS) is 10.8. The van der Waals surface area contributed by atoms with E-state index in [9.17, 15) is 4.79 Å². The van der Waals surface area contributed by atoms with Crippen molar-refractivity contribution in [1.82, 2.24) is 15.2 Å². The Kier molecular flexibility index (Phi) is 5.54. The van der Waals surface area contributed by atoms with Gasteiger partial charge in [-0.3, -0.25) is 20.5 Å². The van der Waals surface area contributed by atoms with Crippen LogP contribution in [0.4, 0.5) is 5.69 Å². The number of amides is 1. The zero-order valence-electron chi connectivity index (χ0n) is 11.1. The van der Waals surface area contributed by atoms with Crippen molar-refractivity contribution in [3.05, 3.63) is 24.0 Å². The van der Waals surface area contributed by atoms with Crippen LogP contribution in [0.3, 0.4) is 0 Å². The molecule has 0 fully saturated rings. The Morgan fingerprint density at radius 1 is 1.56 bits per heavy atom. The van der Waals surface area contributed by atoms with E-state index < -0.39 is 0 Å². The maximum Gasteiger partial charge on any atom is 0.234 e. The van der Waals surface area contributed by atoms with Crippen LogP contribution < -0.4 is 16.6 Å².